The standard InChI is InChI=1S/C14H14BrN3O2S/c1-8(19)17-12(7-21)14(20)18-11-4-2-3-9-5-10(15)6-16-13(9)11/h2-6,12,21H,7H2,1H3,(H,17,19)(H,18,20). The number of para-hydroxylation sites is 1. The monoisotopic (exact) mass is 367 g/mol. The van der Waals surface area contributed by atoms with Gasteiger partial charge >= 0.3 is 0 Å². The van der Waals surface area contributed by atoms with Crippen molar-refractivity contribution in [3.05, 3.63) is 34.9 Å². The molecule has 0 saturated heterocycles. The van der Waals surface area contributed by atoms with E-state index >= 15 is 0 Å². The predicted octanol–water partition coefficient (Wildman–Crippen LogP) is 2.37. The second kappa shape index (κ2) is 6.91. The smallest absolute Gasteiger partial charge is 0.247 e. The number of rotatable bonds is 4. The average molecular weight is 368 g/mol. The van der Waals surface area contributed by atoms with Crippen molar-refractivity contribution in [1.82, 2.24) is 10.3 Å². The number of carbonyl (C=O) groups excluding carboxylic acids is 2. The summed E-state index contributed by atoms with van der Waals surface area (Å²) in [5, 5.41) is 6.24. The number of hydrogen-bond donors (Lipinski definition) is 3. The molecular weight excluding hydrogens is 354 g/mol. The van der Waals surface area contributed by atoms with Gasteiger partial charge in [-0.2, -0.15) is 12.6 Å². The lowest BCUT2D eigenvalue weighted by Gasteiger charge is -2.16. The van der Waals surface area contributed by atoms with Crippen molar-refractivity contribution >= 4 is 57.0 Å². The maximum absolute atomic E-state index is 12.2. The summed E-state index contributed by atoms with van der Waals surface area (Å²) in [5.41, 5.74) is 1.29. The van der Waals surface area contributed by atoms with Gasteiger partial charge in [-0.3, -0.25) is 14.6 Å². The Kier molecular flexibility index (Phi) is 5.19. The van der Waals surface area contributed by atoms with Crippen LogP contribution in [0.4, 0.5) is 5.69 Å². The summed E-state index contributed by atoms with van der Waals surface area (Å²) in [6.45, 7) is 1.36. The molecule has 0 aliphatic rings. The first kappa shape index (κ1) is 15.8. The third kappa shape index (κ3) is 3.95. The van der Waals surface area contributed by atoms with Crippen LogP contribution in [-0.2, 0) is 9.59 Å². The Bertz CT molecular complexity index is 693. The van der Waals surface area contributed by atoms with Crippen LogP contribution in [0.2, 0.25) is 0 Å². The Labute approximate surface area is 136 Å². The highest BCUT2D eigenvalue weighted by Gasteiger charge is 2.18. The fourth-order valence-electron chi connectivity index (χ4n) is 1.89. The van der Waals surface area contributed by atoms with Crippen LogP contribution in [-0.4, -0.2) is 28.6 Å². The van der Waals surface area contributed by atoms with Crippen LogP contribution >= 0.6 is 28.6 Å². The second-order valence-corrected chi connectivity index (χ2v) is 5.74. The van der Waals surface area contributed by atoms with E-state index in [1.807, 2.05) is 18.2 Å². The molecule has 110 valence electrons. The third-order valence-corrected chi connectivity index (χ3v) is 3.61. The number of benzene rings is 1. The van der Waals surface area contributed by atoms with E-state index < -0.39 is 6.04 Å². The summed E-state index contributed by atoms with van der Waals surface area (Å²) in [4.78, 5) is 27.6. The molecule has 1 aromatic heterocycles. The molecular formula is C14H14BrN3O2S. The summed E-state index contributed by atoms with van der Waals surface area (Å²) in [6.07, 6.45) is 1.67. The molecule has 1 unspecified atom stereocenters. The highest BCUT2D eigenvalue weighted by Crippen LogP contribution is 2.24. The third-order valence-electron chi connectivity index (χ3n) is 2.81. The van der Waals surface area contributed by atoms with Crippen molar-refractivity contribution in [3.63, 3.8) is 0 Å². The minimum atomic E-state index is -0.684. The Morgan fingerprint density at radius 3 is 2.86 bits per heavy atom. The van der Waals surface area contributed by atoms with Gasteiger partial charge in [-0.15, -0.1) is 0 Å². The molecule has 0 aliphatic carbocycles. The first-order valence-electron chi connectivity index (χ1n) is 6.24. The molecule has 0 bridgehead atoms. The van der Waals surface area contributed by atoms with Crippen LogP contribution in [0.25, 0.3) is 10.9 Å². The van der Waals surface area contributed by atoms with Crippen molar-refractivity contribution in [2.45, 2.75) is 13.0 Å². The van der Waals surface area contributed by atoms with Crippen molar-refractivity contribution in [1.29, 1.82) is 0 Å². The summed E-state index contributed by atoms with van der Waals surface area (Å²) >= 11 is 7.45. The zero-order chi connectivity index (χ0) is 15.4. The first-order valence-corrected chi connectivity index (χ1v) is 7.67. The number of anilines is 1. The number of pyridine rings is 1. The molecule has 2 N–H and O–H groups in total. The summed E-state index contributed by atoms with van der Waals surface area (Å²) in [6, 6.07) is 6.75. The van der Waals surface area contributed by atoms with Gasteiger partial charge in [0.05, 0.1) is 11.2 Å². The zero-order valence-corrected chi connectivity index (χ0v) is 13.7. The van der Waals surface area contributed by atoms with Gasteiger partial charge in [0.1, 0.15) is 6.04 Å². The molecule has 0 spiro atoms. The van der Waals surface area contributed by atoms with Crippen molar-refractivity contribution in [3.8, 4) is 0 Å². The van der Waals surface area contributed by atoms with E-state index in [-0.39, 0.29) is 17.6 Å². The van der Waals surface area contributed by atoms with E-state index in [1.54, 1.807) is 12.3 Å². The molecule has 5 nitrogen and oxygen atoms in total. The minimum absolute atomic E-state index is 0.217. The van der Waals surface area contributed by atoms with Crippen LogP contribution in [0.15, 0.2) is 34.9 Å². The maximum Gasteiger partial charge on any atom is 0.247 e. The average Bonchev–Trinajstić information content (AvgIpc) is 2.44. The van der Waals surface area contributed by atoms with Crippen LogP contribution in [0, 0.1) is 0 Å². The number of fused-ring (bicyclic) bond motifs is 1. The molecule has 0 radical (unpaired) electrons. The number of hydrogen-bond acceptors (Lipinski definition) is 4. The van der Waals surface area contributed by atoms with Crippen molar-refractivity contribution in [2.24, 2.45) is 0 Å². The number of carbonyl (C=O) groups is 2. The van der Waals surface area contributed by atoms with E-state index in [9.17, 15) is 9.59 Å². The predicted molar refractivity (Wildman–Crippen MR) is 89.5 cm³/mol. The van der Waals surface area contributed by atoms with Gasteiger partial charge in [0.15, 0.2) is 0 Å². The number of nitrogens with one attached hydrogen (secondary N) is 2. The molecule has 0 fully saturated rings. The van der Waals surface area contributed by atoms with Gasteiger partial charge in [-0.05, 0) is 28.1 Å². The van der Waals surface area contributed by atoms with Crippen LogP contribution in [0.5, 0.6) is 0 Å². The Hall–Kier alpha value is -1.60. The minimum Gasteiger partial charge on any atom is -0.344 e. The molecule has 1 heterocycles. The lowest BCUT2D eigenvalue weighted by atomic mass is 10.2. The molecule has 0 saturated carbocycles. The first-order chi connectivity index (χ1) is 10.0. The topological polar surface area (TPSA) is 71.1 Å². The van der Waals surface area contributed by atoms with E-state index in [0.717, 1.165) is 9.86 Å². The lowest BCUT2D eigenvalue weighted by Crippen LogP contribution is -2.44. The Morgan fingerprint density at radius 2 is 2.19 bits per heavy atom. The summed E-state index contributed by atoms with van der Waals surface area (Å²) in [5.74, 6) is -0.378. The molecule has 7 heteroatoms. The molecule has 21 heavy (non-hydrogen) atoms. The van der Waals surface area contributed by atoms with Gasteiger partial charge in [-0.25, -0.2) is 0 Å². The maximum atomic E-state index is 12.2. The van der Waals surface area contributed by atoms with Gasteiger partial charge < -0.3 is 10.6 Å². The van der Waals surface area contributed by atoms with Crippen LogP contribution in [0.1, 0.15) is 6.92 Å². The SMILES string of the molecule is CC(=O)NC(CS)C(=O)Nc1cccc2cc(Br)cnc12. The number of aromatic nitrogens is 1. The van der Waals surface area contributed by atoms with Crippen molar-refractivity contribution < 1.29 is 9.59 Å². The van der Waals surface area contributed by atoms with Crippen LogP contribution in [0.3, 0.4) is 0 Å². The van der Waals surface area contributed by atoms with Crippen molar-refractivity contribution in [2.75, 3.05) is 11.1 Å². The highest BCUT2D eigenvalue weighted by atomic mass is 79.9. The zero-order valence-electron chi connectivity index (χ0n) is 11.3. The van der Waals surface area contributed by atoms with E-state index in [1.165, 1.54) is 6.92 Å². The van der Waals surface area contributed by atoms with Gasteiger partial charge in [0.25, 0.3) is 0 Å². The van der Waals surface area contributed by atoms with Gasteiger partial charge in [-0.1, -0.05) is 12.1 Å². The molecule has 1 aromatic carbocycles. The van der Waals surface area contributed by atoms with Crippen LogP contribution < -0.4 is 10.6 Å². The molecule has 2 aromatic rings. The summed E-state index contributed by atoms with van der Waals surface area (Å²) in [7, 11) is 0. The van der Waals surface area contributed by atoms with Gasteiger partial charge in [0.2, 0.25) is 11.8 Å². The van der Waals surface area contributed by atoms with E-state index in [4.69, 9.17) is 0 Å². The Balaban J connectivity index is 2.26. The highest BCUT2D eigenvalue weighted by molar-refractivity contribution is 9.10. The second-order valence-electron chi connectivity index (χ2n) is 4.46. The summed E-state index contributed by atoms with van der Waals surface area (Å²) < 4.78 is 0.866. The fourth-order valence-corrected chi connectivity index (χ4v) is 2.50. The number of halogens is 1. The number of nitrogens with zero attached hydrogens (tertiary/aromatic N) is 1. The van der Waals surface area contributed by atoms with Gasteiger partial charge in [0, 0.05) is 28.7 Å². The normalized spacial score (nSPS) is 12.0. The molecule has 0 aliphatic heterocycles. The Morgan fingerprint density at radius 1 is 1.43 bits per heavy atom. The lowest BCUT2D eigenvalue weighted by molar-refractivity contribution is -0.124. The molecule has 1 atom stereocenters. The largest absolute Gasteiger partial charge is 0.344 e. The quantitative estimate of drug-likeness (QED) is 0.726. The fraction of sp³-hybridized carbons (Fsp3) is 0.214. The van der Waals surface area contributed by atoms with E-state index in [0.29, 0.717) is 11.2 Å². The molecule has 2 rings (SSSR count). The number of thiol groups is 1. The number of amides is 2. The molecule has 2 amide bonds. The van der Waals surface area contributed by atoms with E-state index in [2.05, 4.69) is 44.2 Å².